The van der Waals surface area contributed by atoms with Gasteiger partial charge in [-0.2, -0.15) is 0 Å². The van der Waals surface area contributed by atoms with E-state index in [0.29, 0.717) is 5.56 Å². The lowest BCUT2D eigenvalue weighted by Gasteiger charge is -2.12. The van der Waals surface area contributed by atoms with E-state index in [1.807, 2.05) is 0 Å². The van der Waals surface area contributed by atoms with Gasteiger partial charge in [0.25, 0.3) is 0 Å². The molecule has 3 amide bonds. The third-order valence-corrected chi connectivity index (χ3v) is 2.70. The minimum atomic E-state index is -0.420. The summed E-state index contributed by atoms with van der Waals surface area (Å²) in [7, 11) is 0. The molecule has 1 aliphatic rings. The van der Waals surface area contributed by atoms with Gasteiger partial charge in [-0.1, -0.05) is 29.3 Å². The number of hydrogen-bond donors (Lipinski definition) is 1. The topological polar surface area (TPSA) is 62.3 Å². The van der Waals surface area contributed by atoms with Gasteiger partial charge in [-0.25, -0.2) is 9.78 Å². The van der Waals surface area contributed by atoms with Crippen molar-refractivity contribution in [1.29, 1.82) is 0 Å². The smallest absolute Gasteiger partial charge is 0.324 e. The molecule has 1 N–H and O–H groups in total. The highest BCUT2D eigenvalue weighted by molar-refractivity contribution is 6.32. The minimum absolute atomic E-state index is 0.0253. The van der Waals surface area contributed by atoms with E-state index in [9.17, 15) is 9.59 Å². The van der Waals surface area contributed by atoms with Crippen LogP contribution in [0.1, 0.15) is 5.56 Å². The Morgan fingerprint density at radius 2 is 2.12 bits per heavy atom. The Bertz CT molecular complexity index is 448. The summed E-state index contributed by atoms with van der Waals surface area (Å²) in [5, 5.41) is 2.88. The van der Waals surface area contributed by atoms with Gasteiger partial charge in [-0.3, -0.25) is 9.69 Å². The summed E-state index contributed by atoms with van der Waals surface area (Å²) in [6, 6.07) is 2.77. The van der Waals surface area contributed by atoms with Gasteiger partial charge >= 0.3 is 6.03 Å². The summed E-state index contributed by atoms with van der Waals surface area (Å²) in [6.07, 6.45) is 0. The lowest BCUT2D eigenvalue weighted by molar-refractivity contribution is -0.125. The van der Waals surface area contributed by atoms with Crippen LogP contribution < -0.4 is 5.32 Å². The Morgan fingerprint density at radius 1 is 1.38 bits per heavy atom. The second-order valence-electron chi connectivity index (χ2n) is 3.22. The quantitative estimate of drug-likeness (QED) is 0.646. The number of aromatic nitrogens is 1. The van der Waals surface area contributed by atoms with Gasteiger partial charge < -0.3 is 5.32 Å². The molecule has 1 fully saturated rings. The third-order valence-electron chi connectivity index (χ3n) is 2.16. The van der Waals surface area contributed by atoms with Crippen molar-refractivity contribution in [2.75, 3.05) is 6.54 Å². The van der Waals surface area contributed by atoms with Crippen LogP contribution in [0, 0.1) is 0 Å². The first kappa shape index (κ1) is 11.2. The molecule has 1 aliphatic heterocycles. The van der Waals surface area contributed by atoms with Crippen LogP contribution in [0.2, 0.25) is 10.3 Å². The number of rotatable bonds is 2. The van der Waals surface area contributed by atoms with Crippen LogP contribution in [0.25, 0.3) is 0 Å². The maximum atomic E-state index is 11.3. The molecule has 84 valence electrons. The van der Waals surface area contributed by atoms with Crippen molar-refractivity contribution >= 4 is 35.1 Å². The Labute approximate surface area is 101 Å². The Balaban J connectivity index is 2.20. The van der Waals surface area contributed by atoms with Crippen molar-refractivity contribution < 1.29 is 9.59 Å². The second kappa shape index (κ2) is 4.27. The molecule has 0 spiro atoms. The fourth-order valence-electron chi connectivity index (χ4n) is 1.34. The summed E-state index contributed by atoms with van der Waals surface area (Å²) >= 11 is 11.5. The molecule has 0 radical (unpaired) electrons. The highest BCUT2D eigenvalue weighted by atomic mass is 35.5. The van der Waals surface area contributed by atoms with Crippen molar-refractivity contribution in [3.63, 3.8) is 0 Å². The predicted molar refractivity (Wildman–Crippen MR) is 58.2 cm³/mol. The average molecular weight is 260 g/mol. The first-order valence-corrected chi connectivity index (χ1v) is 5.22. The summed E-state index contributed by atoms with van der Waals surface area (Å²) in [5.41, 5.74) is 0.580. The Hall–Kier alpha value is -1.33. The van der Waals surface area contributed by atoms with Gasteiger partial charge in [0, 0.05) is 5.56 Å². The first-order chi connectivity index (χ1) is 7.58. The molecular weight excluding hydrogens is 253 g/mol. The van der Waals surface area contributed by atoms with Crippen LogP contribution in [0.5, 0.6) is 0 Å². The number of halogens is 2. The Morgan fingerprint density at radius 3 is 2.69 bits per heavy atom. The zero-order valence-electron chi connectivity index (χ0n) is 8.04. The van der Waals surface area contributed by atoms with Crippen molar-refractivity contribution in [3.8, 4) is 0 Å². The van der Waals surface area contributed by atoms with Crippen molar-refractivity contribution in [2.45, 2.75) is 6.54 Å². The molecule has 1 saturated heterocycles. The van der Waals surface area contributed by atoms with E-state index >= 15 is 0 Å². The molecule has 2 rings (SSSR count). The van der Waals surface area contributed by atoms with Gasteiger partial charge in [0.1, 0.15) is 10.3 Å². The predicted octanol–water partition coefficient (Wildman–Crippen LogP) is 1.44. The van der Waals surface area contributed by atoms with Gasteiger partial charge in [-0.15, -0.1) is 0 Å². The molecule has 7 heteroatoms. The standard InChI is InChI=1S/C9H7Cl2N3O2/c10-6-2-1-5(8(11)13-6)4-14-7(15)3-12-9(14)16/h1-2H,3-4H2,(H,12,16). The molecule has 0 saturated carbocycles. The highest BCUT2D eigenvalue weighted by Gasteiger charge is 2.28. The van der Waals surface area contributed by atoms with Crippen LogP contribution in [-0.2, 0) is 11.3 Å². The molecule has 0 bridgehead atoms. The largest absolute Gasteiger partial charge is 0.329 e. The second-order valence-corrected chi connectivity index (χ2v) is 3.97. The molecule has 2 heterocycles. The van der Waals surface area contributed by atoms with Gasteiger partial charge in [0.05, 0.1) is 13.1 Å². The zero-order chi connectivity index (χ0) is 11.7. The van der Waals surface area contributed by atoms with Crippen LogP contribution >= 0.6 is 23.2 Å². The van der Waals surface area contributed by atoms with E-state index in [-0.39, 0.29) is 29.3 Å². The normalized spacial score (nSPS) is 15.5. The fourth-order valence-corrected chi connectivity index (χ4v) is 1.75. The van der Waals surface area contributed by atoms with Crippen molar-refractivity contribution in [3.05, 3.63) is 28.0 Å². The summed E-state index contributed by atoms with van der Waals surface area (Å²) in [4.78, 5) is 27.5. The van der Waals surface area contributed by atoms with E-state index in [2.05, 4.69) is 10.3 Å². The monoisotopic (exact) mass is 259 g/mol. The van der Waals surface area contributed by atoms with Crippen LogP contribution in [-0.4, -0.2) is 28.4 Å². The number of hydrogen-bond acceptors (Lipinski definition) is 3. The molecule has 0 unspecified atom stereocenters. The highest BCUT2D eigenvalue weighted by Crippen LogP contribution is 2.19. The molecule has 1 aromatic heterocycles. The number of nitrogens with one attached hydrogen (secondary N) is 1. The minimum Gasteiger partial charge on any atom is -0.329 e. The summed E-state index contributed by atoms with van der Waals surface area (Å²) in [5.74, 6) is -0.281. The fraction of sp³-hybridized carbons (Fsp3) is 0.222. The molecular formula is C9H7Cl2N3O2. The van der Waals surface area contributed by atoms with E-state index in [1.165, 1.54) is 0 Å². The first-order valence-electron chi connectivity index (χ1n) is 4.47. The Kier molecular flexibility index (Phi) is 2.98. The average Bonchev–Trinajstić information content (AvgIpc) is 2.53. The van der Waals surface area contributed by atoms with Crippen LogP contribution in [0.15, 0.2) is 12.1 Å². The molecule has 1 aromatic rings. The van der Waals surface area contributed by atoms with E-state index in [0.717, 1.165) is 4.90 Å². The van der Waals surface area contributed by atoms with Crippen LogP contribution in [0.3, 0.4) is 0 Å². The summed E-state index contributed by atoms with van der Waals surface area (Å²) < 4.78 is 0. The lowest BCUT2D eigenvalue weighted by Crippen LogP contribution is -2.30. The molecule has 16 heavy (non-hydrogen) atoms. The SMILES string of the molecule is O=C1CNC(=O)N1Cc1ccc(Cl)nc1Cl. The third kappa shape index (κ3) is 2.10. The molecule has 0 atom stereocenters. The van der Waals surface area contributed by atoms with Crippen molar-refractivity contribution in [1.82, 2.24) is 15.2 Å². The molecule has 5 nitrogen and oxygen atoms in total. The molecule has 0 aromatic carbocycles. The van der Waals surface area contributed by atoms with Gasteiger partial charge in [0.2, 0.25) is 5.91 Å². The van der Waals surface area contributed by atoms with Crippen LogP contribution in [0.4, 0.5) is 4.79 Å². The number of imide groups is 1. The van der Waals surface area contributed by atoms with E-state index in [1.54, 1.807) is 12.1 Å². The zero-order valence-corrected chi connectivity index (χ0v) is 9.55. The number of urea groups is 1. The number of carbonyl (C=O) groups is 2. The van der Waals surface area contributed by atoms with Gasteiger partial charge in [-0.05, 0) is 6.07 Å². The molecule has 0 aliphatic carbocycles. The lowest BCUT2D eigenvalue weighted by atomic mass is 10.2. The summed E-state index contributed by atoms with van der Waals surface area (Å²) in [6.45, 7) is 0.130. The number of carbonyl (C=O) groups excluding carboxylic acids is 2. The number of nitrogens with zero attached hydrogens (tertiary/aromatic N) is 2. The van der Waals surface area contributed by atoms with E-state index in [4.69, 9.17) is 23.2 Å². The van der Waals surface area contributed by atoms with E-state index < -0.39 is 6.03 Å². The maximum absolute atomic E-state index is 11.3. The van der Waals surface area contributed by atoms with Gasteiger partial charge in [0.15, 0.2) is 0 Å². The number of pyridine rings is 1. The van der Waals surface area contributed by atoms with Crippen molar-refractivity contribution in [2.24, 2.45) is 0 Å². The number of amides is 3. The maximum Gasteiger partial charge on any atom is 0.324 e.